The molecule has 2 rings (SSSR count). The first kappa shape index (κ1) is 11.5. The van der Waals surface area contributed by atoms with Crippen LogP contribution in [0.5, 0.6) is 0 Å². The van der Waals surface area contributed by atoms with E-state index in [1.165, 1.54) is 5.48 Å². The summed E-state index contributed by atoms with van der Waals surface area (Å²) in [6.45, 7) is 0. The zero-order valence-corrected chi connectivity index (χ0v) is 8.38. The molecule has 2 aromatic rings. The lowest BCUT2D eigenvalue weighted by Crippen LogP contribution is -2.08. The minimum atomic E-state index is -4.65. The van der Waals surface area contributed by atoms with Crippen molar-refractivity contribution < 1.29 is 13.2 Å². The van der Waals surface area contributed by atoms with Crippen molar-refractivity contribution in [3.8, 4) is 11.3 Å². The van der Waals surface area contributed by atoms with Crippen LogP contribution in [0.2, 0.25) is 0 Å². The molecule has 0 aliphatic heterocycles. The number of rotatable bonds is 2. The summed E-state index contributed by atoms with van der Waals surface area (Å²) in [5.41, 5.74) is -0.103. The number of anilines is 1. The van der Waals surface area contributed by atoms with Crippen LogP contribution in [0.3, 0.4) is 0 Å². The lowest BCUT2D eigenvalue weighted by atomic mass is 10.1. The topological polar surface area (TPSA) is 63.8 Å². The first-order valence-electron chi connectivity index (χ1n) is 4.63. The van der Waals surface area contributed by atoms with Crippen LogP contribution in [0, 0.1) is 5.21 Å². The second-order valence-corrected chi connectivity index (χ2v) is 3.29. The number of benzene rings is 1. The van der Waals surface area contributed by atoms with Gasteiger partial charge in [-0.25, -0.2) is 0 Å². The maximum atomic E-state index is 12.5. The highest BCUT2D eigenvalue weighted by Gasteiger charge is 2.36. The van der Waals surface area contributed by atoms with E-state index in [4.69, 9.17) is 0 Å². The monoisotopic (exact) mass is 242 g/mol. The molecule has 4 nitrogen and oxygen atoms in total. The average molecular weight is 242 g/mol. The van der Waals surface area contributed by atoms with E-state index in [0.717, 1.165) is 0 Å². The van der Waals surface area contributed by atoms with Gasteiger partial charge in [-0.3, -0.25) is 5.10 Å². The second kappa shape index (κ2) is 4.10. The summed E-state index contributed by atoms with van der Waals surface area (Å²) in [7, 11) is 0. The number of halogens is 3. The Hall–Kier alpha value is -2.02. The number of alkyl halides is 3. The van der Waals surface area contributed by atoms with E-state index >= 15 is 0 Å². The minimum Gasteiger partial charge on any atom is -0.761 e. The molecule has 1 aromatic heterocycles. The minimum absolute atomic E-state index is 0.0482. The van der Waals surface area contributed by atoms with Crippen LogP contribution in [-0.2, 0) is 6.18 Å². The van der Waals surface area contributed by atoms with Crippen molar-refractivity contribution in [3.63, 3.8) is 0 Å². The molecule has 1 aromatic carbocycles. The summed E-state index contributed by atoms with van der Waals surface area (Å²) in [5.74, 6) is 0. The number of nitrogens with one attached hydrogen (secondary N) is 2. The number of hydrogen-bond donors (Lipinski definition) is 2. The lowest BCUT2D eigenvalue weighted by Gasteiger charge is -2.13. The summed E-state index contributed by atoms with van der Waals surface area (Å²) in [6.07, 6.45) is -4.65. The third kappa shape index (κ3) is 2.09. The third-order valence-corrected chi connectivity index (χ3v) is 2.20. The first-order valence-corrected chi connectivity index (χ1v) is 4.63. The molecule has 0 atom stereocenters. The van der Waals surface area contributed by atoms with Crippen molar-refractivity contribution in [2.75, 3.05) is 5.48 Å². The molecule has 0 fully saturated rings. The quantitative estimate of drug-likeness (QED) is 0.795. The number of H-pyrrole nitrogens is 1. The SMILES string of the molecule is [O-]Nc1c(-c2ccccc2)n[nH]c1C(F)(F)F. The standard InChI is InChI=1S/C10H7F3N3O/c11-10(12,13)9-8(16-17)7(14-15-9)6-4-2-1-3-5-6/h1-5,16H,(H,14,15)/q-1. The van der Waals surface area contributed by atoms with Gasteiger partial charge in [-0.2, -0.15) is 18.3 Å². The highest BCUT2D eigenvalue weighted by atomic mass is 19.4. The van der Waals surface area contributed by atoms with Gasteiger partial charge in [0.15, 0.2) is 5.69 Å². The van der Waals surface area contributed by atoms with Crippen molar-refractivity contribution in [1.29, 1.82) is 0 Å². The molecule has 0 aliphatic rings. The number of hydrogen-bond acceptors (Lipinski definition) is 3. The van der Waals surface area contributed by atoms with E-state index in [9.17, 15) is 18.4 Å². The van der Waals surface area contributed by atoms with Crippen molar-refractivity contribution in [1.82, 2.24) is 10.2 Å². The molecule has 0 saturated carbocycles. The second-order valence-electron chi connectivity index (χ2n) is 3.29. The van der Waals surface area contributed by atoms with Gasteiger partial charge >= 0.3 is 6.18 Å². The Bertz CT molecular complexity index is 507. The van der Waals surface area contributed by atoms with E-state index in [1.54, 1.807) is 30.3 Å². The van der Waals surface area contributed by atoms with Gasteiger partial charge in [0.25, 0.3) is 0 Å². The summed E-state index contributed by atoms with van der Waals surface area (Å²) in [5, 5.41) is 16.0. The predicted octanol–water partition coefficient (Wildman–Crippen LogP) is 3.01. The molecule has 0 aliphatic carbocycles. The maximum Gasteiger partial charge on any atom is 0.434 e. The van der Waals surface area contributed by atoms with Crippen LogP contribution in [-0.4, -0.2) is 10.2 Å². The Labute approximate surface area is 94.0 Å². The van der Waals surface area contributed by atoms with Crippen LogP contribution >= 0.6 is 0 Å². The van der Waals surface area contributed by atoms with Gasteiger partial charge in [0, 0.05) is 5.56 Å². The molecule has 7 heteroatoms. The zero-order valence-electron chi connectivity index (χ0n) is 8.38. The van der Waals surface area contributed by atoms with E-state index < -0.39 is 17.6 Å². The molecule has 17 heavy (non-hydrogen) atoms. The van der Waals surface area contributed by atoms with E-state index in [-0.39, 0.29) is 5.69 Å². The zero-order chi connectivity index (χ0) is 12.5. The Kier molecular flexibility index (Phi) is 2.76. The molecule has 1 heterocycles. The third-order valence-electron chi connectivity index (χ3n) is 2.20. The molecule has 0 spiro atoms. The smallest absolute Gasteiger partial charge is 0.434 e. The average Bonchev–Trinajstić information content (AvgIpc) is 2.73. The molecule has 0 amide bonds. The highest BCUT2D eigenvalue weighted by Crippen LogP contribution is 2.38. The number of nitrogens with zero attached hydrogens (tertiary/aromatic N) is 1. The fourth-order valence-electron chi connectivity index (χ4n) is 1.45. The Morgan fingerprint density at radius 3 is 2.35 bits per heavy atom. The molecule has 0 radical (unpaired) electrons. The summed E-state index contributed by atoms with van der Waals surface area (Å²) in [6, 6.07) is 8.14. The molecular weight excluding hydrogens is 235 g/mol. The Morgan fingerprint density at radius 1 is 1.18 bits per heavy atom. The van der Waals surface area contributed by atoms with E-state index in [2.05, 4.69) is 5.10 Å². The molecule has 2 N–H and O–H groups in total. The number of aromatic nitrogens is 2. The van der Waals surface area contributed by atoms with Crippen molar-refractivity contribution >= 4 is 5.69 Å². The number of aromatic amines is 1. The van der Waals surface area contributed by atoms with Crippen LogP contribution < -0.4 is 5.48 Å². The van der Waals surface area contributed by atoms with Gasteiger partial charge in [0.05, 0.1) is 5.69 Å². The van der Waals surface area contributed by atoms with Gasteiger partial charge in [0.2, 0.25) is 0 Å². The first-order chi connectivity index (χ1) is 8.04. The molecule has 0 bridgehead atoms. The van der Waals surface area contributed by atoms with Crippen molar-refractivity contribution in [3.05, 3.63) is 41.2 Å². The van der Waals surface area contributed by atoms with E-state index in [0.29, 0.717) is 5.56 Å². The van der Waals surface area contributed by atoms with Crippen LogP contribution in [0.4, 0.5) is 18.9 Å². The van der Waals surface area contributed by atoms with Crippen LogP contribution in [0.15, 0.2) is 30.3 Å². The summed E-state index contributed by atoms with van der Waals surface area (Å²) in [4.78, 5) is 0. The van der Waals surface area contributed by atoms with Gasteiger partial charge in [-0.15, -0.1) is 0 Å². The molecule has 90 valence electrons. The highest BCUT2D eigenvalue weighted by molar-refractivity contribution is 5.76. The predicted molar refractivity (Wildman–Crippen MR) is 56.0 cm³/mol. The normalized spacial score (nSPS) is 11.5. The maximum absolute atomic E-state index is 12.5. The molecule has 0 saturated heterocycles. The van der Waals surface area contributed by atoms with Crippen molar-refractivity contribution in [2.45, 2.75) is 6.18 Å². The molecular formula is C10H7F3N3O-. The van der Waals surface area contributed by atoms with E-state index in [1.807, 2.05) is 5.10 Å². The Morgan fingerprint density at radius 2 is 1.82 bits per heavy atom. The molecule has 0 unspecified atom stereocenters. The van der Waals surface area contributed by atoms with Crippen LogP contribution in [0.25, 0.3) is 11.3 Å². The van der Waals surface area contributed by atoms with Gasteiger partial charge in [-0.05, 0) is 0 Å². The Balaban J connectivity index is 2.54. The summed E-state index contributed by atoms with van der Waals surface area (Å²) < 4.78 is 37.5. The van der Waals surface area contributed by atoms with Crippen LogP contribution in [0.1, 0.15) is 5.69 Å². The fourth-order valence-corrected chi connectivity index (χ4v) is 1.45. The van der Waals surface area contributed by atoms with Gasteiger partial charge in [-0.1, -0.05) is 30.3 Å². The summed E-state index contributed by atoms with van der Waals surface area (Å²) >= 11 is 0. The lowest BCUT2D eigenvalue weighted by molar-refractivity contribution is -0.140. The van der Waals surface area contributed by atoms with Crippen molar-refractivity contribution in [2.24, 2.45) is 0 Å². The largest absolute Gasteiger partial charge is 0.761 e. The fraction of sp³-hybridized carbons (Fsp3) is 0.100. The van der Waals surface area contributed by atoms with Gasteiger partial charge < -0.3 is 10.7 Å². The van der Waals surface area contributed by atoms with Gasteiger partial charge in [0.1, 0.15) is 5.69 Å².